The minimum Gasteiger partial charge on any atom is -0.0911 e. The monoisotopic (exact) mass is 1070 g/mol. The summed E-state index contributed by atoms with van der Waals surface area (Å²) in [5, 5.41) is 0. The van der Waals surface area contributed by atoms with E-state index < -0.39 is 0 Å². The van der Waals surface area contributed by atoms with Crippen molar-refractivity contribution in [3.05, 3.63) is 133 Å². The molecule has 448 valence electrons. The number of unbranched alkanes of at least 4 members (excludes halogenated alkanes) is 19. The molecule has 0 heteroatoms. The van der Waals surface area contributed by atoms with Crippen LogP contribution in [0.15, 0.2) is 133 Å². The van der Waals surface area contributed by atoms with Crippen molar-refractivity contribution < 1.29 is 0 Å². The number of rotatable bonds is 53. The molecule has 0 heterocycles. The first kappa shape index (κ1) is 75.1. The number of hydrogen-bond acceptors (Lipinski definition) is 0. The molecule has 0 spiro atoms. The highest BCUT2D eigenvalue weighted by molar-refractivity contribution is 5.42. The third-order valence-electron chi connectivity index (χ3n) is 17.5. The molecule has 78 heavy (non-hydrogen) atoms. The minimum atomic E-state index is -0.379. The van der Waals surface area contributed by atoms with Crippen molar-refractivity contribution in [2.24, 2.45) is 27.1 Å². The van der Waals surface area contributed by atoms with Crippen molar-refractivity contribution >= 4 is 0 Å². The zero-order valence-electron chi connectivity index (χ0n) is 55.0. The zero-order chi connectivity index (χ0) is 57.8. The van der Waals surface area contributed by atoms with Gasteiger partial charge >= 0.3 is 0 Å². The molecule has 4 atom stereocenters. The fraction of sp³-hybridized carbons (Fsp3) is 0.718. The summed E-state index contributed by atoms with van der Waals surface area (Å²) in [6.07, 6.45) is 101. The van der Waals surface area contributed by atoms with E-state index in [9.17, 15) is 0 Å². The second-order valence-corrected chi connectivity index (χ2v) is 24.3. The Labute approximate surface area is 491 Å². The van der Waals surface area contributed by atoms with Gasteiger partial charge in [0.05, 0.1) is 0 Å². The predicted octanol–water partition coefficient (Wildman–Crippen LogP) is 27.5. The average molecular weight is 1070 g/mol. The Morgan fingerprint density at radius 3 is 1.38 bits per heavy atom. The Balaban J connectivity index is 10.9. The van der Waals surface area contributed by atoms with Gasteiger partial charge in [-0.2, -0.15) is 0 Å². The van der Waals surface area contributed by atoms with Gasteiger partial charge in [0.25, 0.3) is 0 Å². The molecule has 4 unspecified atom stereocenters. The lowest BCUT2D eigenvalue weighted by Crippen LogP contribution is -2.63. The van der Waals surface area contributed by atoms with Crippen LogP contribution in [0.25, 0.3) is 0 Å². The summed E-state index contributed by atoms with van der Waals surface area (Å²) >= 11 is 0. The van der Waals surface area contributed by atoms with E-state index in [-0.39, 0.29) is 27.1 Å². The summed E-state index contributed by atoms with van der Waals surface area (Å²) in [7, 11) is 0. The SMILES string of the molecule is CC=CC(C)(C)C(C=CCCCCCC)(C(=CCCC=CCCCC)CC=CCCCCC)C(CC=CCCCC)(CCC=CCCC)C(C=CCCCCC)(CCC=CCC)C(C=CCCCC)(CC=CCCC)CCC. The summed E-state index contributed by atoms with van der Waals surface area (Å²) in [5.41, 5.74) is 0.344. The first-order valence-electron chi connectivity index (χ1n) is 34.3. The maximum Gasteiger partial charge on any atom is 0.0247 e. The third kappa shape index (κ3) is 27.3. The van der Waals surface area contributed by atoms with Gasteiger partial charge < -0.3 is 0 Å². The molecule has 0 rings (SSSR count). The van der Waals surface area contributed by atoms with Crippen molar-refractivity contribution in [1.29, 1.82) is 0 Å². The number of hydrogen-bond donors (Lipinski definition) is 0. The highest BCUT2D eigenvalue weighted by Crippen LogP contribution is 2.75. The maximum atomic E-state index is 3.01. The van der Waals surface area contributed by atoms with Crippen molar-refractivity contribution in [3.8, 4) is 0 Å². The molecule has 0 amide bonds. The summed E-state index contributed by atoms with van der Waals surface area (Å²) in [6.45, 7) is 31.5. The molecule has 0 aliphatic carbocycles. The normalized spacial score (nSPS) is 16.7. The van der Waals surface area contributed by atoms with Gasteiger partial charge in [-0.15, -0.1) is 0 Å². The maximum absolute atomic E-state index is 3.01. The summed E-state index contributed by atoms with van der Waals surface area (Å²) in [6, 6.07) is 0. The molecule has 0 radical (unpaired) electrons. The molecule has 0 aliphatic rings. The van der Waals surface area contributed by atoms with E-state index in [1.807, 2.05) is 0 Å². The summed E-state index contributed by atoms with van der Waals surface area (Å²) in [4.78, 5) is 0. The Morgan fingerprint density at radius 2 is 0.782 bits per heavy atom. The van der Waals surface area contributed by atoms with Gasteiger partial charge in [0.1, 0.15) is 0 Å². The lowest BCUT2D eigenvalue weighted by molar-refractivity contribution is -0.127. The van der Waals surface area contributed by atoms with Gasteiger partial charge in [-0.3, -0.25) is 0 Å². The lowest BCUT2D eigenvalue weighted by Gasteiger charge is -2.69. The van der Waals surface area contributed by atoms with Gasteiger partial charge in [0.15, 0.2) is 0 Å². The van der Waals surface area contributed by atoms with Crippen molar-refractivity contribution in [2.45, 2.75) is 334 Å². The fourth-order valence-corrected chi connectivity index (χ4v) is 13.4. The van der Waals surface area contributed by atoms with E-state index >= 15 is 0 Å². The second kappa shape index (κ2) is 49.9. The van der Waals surface area contributed by atoms with E-state index in [1.54, 1.807) is 5.57 Å². The van der Waals surface area contributed by atoms with Crippen molar-refractivity contribution in [1.82, 2.24) is 0 Å². The molecule has 0 saturated carbocycles. The molecule has 0 aromatic heterocycles. The van der Waals surface area contributed by atoms with Gasteiger partial charge in [-0.25, -0.2) is 0 Å². The summed E-state index contributed by atoms with van der Waals surface area (Å²) in [5.74, 6) is 0. The molecule has 0 N–H and O–H groups in total. The van der Waals surface area contributed by atoms with Gasteiger partial charge in [0.2, 0.25) is 0 Å². The molecule has 0 saturated heterocycles. The lowest BCUT2D eigenvalue weighted by atomic mass is 9.33. The molecular weight excluding hydrogens is 937 g/mol. The quantitative estimate of drug-likeness (QED) is 0.0421. The van der Waals surface area contributed by atoms with Gasteiger partial charge in [-0.1, -0.05) is 319 Å². The van der Waals surface area contributed by atoms with Crippen LogP contribution in [-0.4, -0.2) is 0 Å². The van der Waals surface area contributed by atoms with Crippen molar-refractivity contribution in [3.63, 3.8) is 0 Å². The van der Waals surface area contributed by atoms with Crippen LogP contribution in [0.1, 0.15) is 334 Å². The van der Waals surface area contributed by atoms with E-state index in [1.165, 1.54) is 122 Å². The smallest absolute Gasteiger partial charge is 0.0247 e. The van der Waals surface area contributed by atoms with Crippen LogP contribution in [0.2, 0.25) is 0 Å². The fourth-order valence-electron chi connectivity index (χ4n) is 13.4. The Morgan fingerprint density at radius 1 is 0.321 bits per heavy atom. The third-order valence-corrected chi connectivity index (χ3v) is 17.5. The van der Waals surface area contributed by atoms with Crippen molar-refractivity contribution in [2.75, 3.05) is 0 Å². The Hall–Kier alpha value is -2.86. The highest BCUT2D eigenvalue weighted by atomic mass is 14.7. The van der Waals surface area contributed by atoms with Crippen LogP contribution in [0, 0.1) is 27.1 Å². The van der Waals surface area contributed by atoms with E-state index in [2.05, 4.69) is 218 Å². The Kier molecular flexibility index (Phi) is 48.1. The predicted molar refractivity (Wildman–Crippen MR) is 361 cm³/mol. The number of allylic oxidation sites excluding steroid dienone is 22. The average Bonchev–Trinajstić information content (AvgIpc) is 3.53. The van der Waals surface area contributed by atoms with Crippen LogP contribution in [-0.2, 0) is 0 Å². The minimum absolute atomic E-state index is 0.152. The van der Waals surface area contributed by atoms with Crippen LogP contribution in [0.5, 0.6) is 0 Å². The Bertz CT molecular complexity index is 1710. The molecule has 0 aromatic carbocycles. The largest absolute Gasteiger partial charge is 0.0911 e. The summed E-state index contributed by atoms with van der Waals surface area (Å²) < 4.78 is 0. The first-order chi connectivity index (χ1) is 38.1. The van der Waals surface area contributed by atoms with E-state index in [4.69, 9.17) is 0 Å². The van der Waals surface area contributed by atoms with Gasteiger partial charge in [0, 0.05) is 16.2 Å². The highest BCUT2D eigenvalue weighted by Gasteiger charge is 2.69. The molecule has 0 nitrogen and oxygen atoms in total. The topological polar surface area (TPSA) is 0 Å². The van der Waals surface area contributed by atoms with Crippen LogP contribution in [0.4, 0.5) is 0 Å². The molecule has 0 fully saturated rings. The molecule has 0 aromatic rings. The van der Waals surface area contributed by atoms with E-state index in [0.29, 0.717) is 0 Å². The first-order valence-corrected chi connectivity index (χ1v) is 34.3. The van der Waals surface area contributed by atoms with E-state index in [0.717, 1.165) is 122 Å². The molecule has 0 bridgehead atoms. The zero-order valence-corrected chi connectivity index (χ0v) is 55.0. The van der Waals surface area contributed by atoms with Crippen LogP contribution in [0.3, 0.4) is 0 Å². The van der Waals surface area contributed by atoms with Crippen LogP contribution < -0.4 is 0 Å². The van der Waals surface area contributed by atoms with Gasteiger partial charge in [-0.05, 0) is 159 Å². The molecular formula is C78H136. The second-order valence-electron chi connectivity index (χ2n) is 24.3. The standard InChI is InChI=1S/C78H136/c1-14-25-34-43-46-48-54-63-73(62-53-47-44-35-26-15-2)78(74(12,13)64-23-10,72-61-52-45-36-27-16-3)77(70-59-50-38-29-18-5,71-60-51-39-30-19-6)76(68-57-42-33-22-9,69-58-49-37-28-17-4)75(65-24-11,66-55-40-31-20-7)67-56-41-32-21-8/h23,33,38,40,42-43,46-47,50-51,53,55-56,58,60-61,63-64,67,69,72H,14-22,24-32,34-37,39,41,44-45,48-49,52,54,57,59,62,65-66,68,70-71H2,1-13H3. The molecule has 0 aliphatic heterocycles. The van der Waals surface area contributed by atoms with Crippen LogP contribution >= 0.6 is 0 Å².